The van der Waals surface area contributed by atoms with Crippen LogP contribution < -0.4 is 10.6 Å². The van der Waals surface area contributed by atoms with Gasteiger partial charge in [0, 0.05) is 11.0 Å². The Morgan fingerprint density at radius 2 is 2.00 bits per heavy atom. The Balaban J connectivity index is 1.98. The molecule has 3 heteroatoms. The van der Waals surface area contributed by atoms with Crippen LogP contribution in [-0.2, 0) is 0 Å². The molecule has 0 aromatic heterocycles. The van der Waals surface area contributed by atoms with Crippen molar-refractivity contribution in [1.82, 2.24) is 0 Å². The summed E-state index contributed by atoms with van der Waals surface area (Å²) in [5.41, 5.74) is 2.78. The lowest BCUT2D eigenvalue weighted by molar-refractivity contribution is 0.500. The number of nitrogens with one attached hydrogen (secondary N) is 2. The maximum absolute atomic E-state index is 3.73. The van der Waals surface area contributed by atoms with Crippen LogP contribution in [0.15, 0.2) is 22.7 Å². The van der Waals surface area contributed by atoms with E-state index in [0.717, 1.165) is 6.54 Å². The smallest absolute Gasteiger partial charge is 0.0725 e. The van der Waals surface area contributed by atoms with Gasteiger partial charge in [0.25, 0.3) is 0 Å². The maximum atomic E-state index is 3.73. The van der Waals surface area contributed by atoms with Crippen molar-refractivity contribution < 1.29 is 0 Å². The molecule has 80 valence electrons. The molecule has 1 fully saturated rings. The first-order valence-corrected chi connectivity index (χ1v) is 6.39. The van der Waals surface area contributed by atoms with Crippen molar-refractivity contribution in [3.63, 3.8) is 0 Å². The van der Waals surface area contributed by atoms with Gasteiger partial charge in [-0.2, -0.15) is 0 Å². The van der Waals surface area contributed by atoms with E-state index >= 15 is 0 Å². The van der Waals surface area contributed by atoms with E-state index < -0.39 is 0 Å². The highest BCUT2D eigenvalue weighted by Crippen LogP contribution is 2.42. The zero-order valence-electron chi connectivity index (χ0n) is 8.65. The third-order valence-electron chi connectivity index (χ3n) is 3.58. The maximum Gasteiger partial charge on any atom is 0.0725 e. The van der Waals surface area contributed by atoms with Crippen LogP contribution in [0.3, 0.4) is 0 Å². The van der Waals surface area contributed by atoms with Crippen molar-refractivity contribution in [1.29, 1.82) is 0 Å². The normalized spacial score (nSPS) is 21.9. The molecular formula is C12H15BrN2. The van der Waals surface area contributed by atoms with Crippen molar-refractivity contribution in [3.8, 4) is 0 Å². The van der Waals surface area contributed by atoms with E-state index in [1.54, 1.807) is 0 Å². The molecule has 1 aliphatic carbocycles. The molecule has 0 atom stereocenters. The second kappa shape index (κ2) is 3.41. The number of rotatable bonds is 0. The first-order valence-electron chi connectivity index (χ1n) is 5.60. The molecule has 2 N–H and O–H groups in total. The van der Waals surface area contributed by atoms with Crippen LogP contribution in [0, 0.1) is 0 Å². The van der Waals surface area contributed by atoms with Gasteiger partial charge < -0.3 is 10.6 Å². The highest BCUT2D eigenvalue weighted by atomic mass is 79.9. The van der Waals surface area contributed by atoms with Crippen LogP contribution in [0.5, 0.6) is 0 Å². The second-order valence-corrected chi connectivity index (χ2v) is 5.48. The van der Waals surface area contributed by atoms with Crippen LogP contribution >= 0.6 is 15.9 Å². The SMILES string of the molecule is Brc1cccc2c1NC1(CCCC1)CN2. The Hall–Kier alpha value is -0.700. The molecule has 0 radical (unpaired) electrons. The predicted octanol–water partition coefficient (Wildman–Crippen LogP) is 3.60. The van der Waals surface area contributed by atoms with Gasteiger partial charge in [-0.15, -0.1) is 0 Å². The molecule has 0 amide bonds. The third kappa shape index (κ3) is 1.53. The van der Waals surface area contributed by atoms with Gasteiger partial charge in [0.15, 0.2) is 0 Å². The summed E-state index contributed by atoms with van der Waals surface area (Å²) >= 11 is 3.61. The number of halogens is 1. The average molecular weight is 267 g/mol. The van der Waals surface area contributed by atoms with Crippen LogP contribution in [-0.4, -0.2) is 12.1 Å². The summed E-state index contributed by atoms with van der Waals surface area (Å²) in [5, 5.41) is 7.27. The molecule has 3 rings (SSSR count). The molecule has 1 aromatic rings. The van der Waals surface area contributed by atoms with Gasteiger partial charge in [-0.3, -0.25) is 0 Å². The van der Waals surface area contributed by atoms with E-state index in [9.17, 15) is 0 Å². The molecule has 1 spiro atoms. The Morgan fingerprint density at radius 1 is 1.20 bits per heavy atom. The lowest BCUT2D eigenvalue weighted by Gasteiger charge is -2.38. The standard InChI is InChI=1S/C12H15BrN2/c13-9-4-3-5-10-11(9)15-12(8-14-10)6-1-2-7-12/h3-5,14-15H,1-2,6-8H2. The minimum Gasteiger partial charge on any atom is -0.381 e. The van der Waals surface area contributed by atoms with Gasteiger partial charge in [0.1, 0.15) is 0 Å². The van der Waals surface area contributed by atoms with Crippen molar-refractivity contribution in [2.45, 2.75) is 31.2 Å². The number of hydrogen-bond acceptors (Lipinski definition) is 2. The van der Waals surface area contributed by atoms with Crippen molar-refractivity contribution in [3.05, 3.63) is 22.7 Å². The highest BCUT2D eigenvalue weighted by Gasteiger charge is 2.37. The van der Waals surface area contributed by atoms with E-state index in [2.05, 4.69) is 44.8 Å². The molecule has 0 saturated heterocycles. The van der Waals surface area contributed by atoms with E-state index in [0.29, 0.717) is 5.54 Å². The number of anilines is 2. The second-order valence-electron chi connectivity index (χ2n) is 4.63. The van der Waals surface area contributed by atoms with Crippen molar-refractivity contribution >= 4 is 27.3 Å². The number of hydrogen-bond donors (Lipinski definition) is 2. The number of para-hydroxylation sites is 1. The first kappa shape index (κ1) is 9.52. The molecular weight excluding hydrogens is 252 g/mol. The zero-order chi connectivity index (χ0) is 10.3. The lowest BCUT2D eigenvalue weighted by Crippen LogP contribution is -2.45. The van der Waals surface area contributed by atoms with Crippen LogP contribution in [0.4, 0.5) is 11.4 Å². The quantitative estimate of drug-likeness (QED) is 0.750. The molecule has 0 bridgehead atoms. The zero-order valence-corrected chi connectivity index (χ0v) is 10.2. The van der Waals surface area contributed by atoms with Gasteiger partial charge >= 0.3 is 0 Å². The molecule has 2 nitrogen and oxygen atoms in total. The fourth-order valence-electron chi connectivity index (χ4n) is 2.73. The summed E-state index contributed by atoms with van der Waals surface area (Å²) in [4.78, 5) is 0. The van der Waals surface area contributed by atoms with Gasteiger partial charge in [-0.25, -0.2) is 0 Å². The lowest BCUT2D eigenvalue weighted by atomic mass is 9.94. The van der Waals surface area contributed by atoms with Crippen molar-refractivity contribution in [2.24, 2.45) is 0 Å². The molecule has 1 aliphatic heterocycles. The van der Waals surface area contributed by atoms with Crippen LogP contribution in [0.25, 0.3) is 0 Å². The summed E-state index contributed by atoms with van der Waals surface area (Å²) < 4.78 is 1.17. The molecule has 1 saturated carbocycles. The fourth-order valence-corrected chi connectivity index (χ4v) is 3.19. The van der Waals surface area contributed by atoms with Gasteiger partial charge in [0.05, 0.1) is 16.9 Å². The summed E-state index contributed by atoms with van der Waals surface area (Å²) in [7, 11) is 0. The van der Waals surface area contributed by atoms with E-state index in [1.165, 1.54) is 41.5 Å². The van der Waals surface area contributed by atoms with Crippen molar-refractivity contribution in [2.75, 3.05) is 17.2 Å². The molecule has 15 heavy (non-hydrogen) atoms. The van der Waals surface area contributed by atoms with Gasteiger partial charge in [0.2, 0.25) is 0 Å². The molecule has 1 heterocycles. The topological polar surface area (TPSA) is 24.1 Å². The molecule has 0 unspecified atom stereocenters. The summed E-state index contributed by atoms with van der Waals surface area (Å²) in [5.74, 6) is 0. The highest BCUT2D eigenvalue weighted by molar-refractivity contribution is 9.10. The van der Waals surface area contributed by atoms with E-state index in [1.807, 2.05) is 0 Å². The van der Waals surface area contributed by atoms with E-state index in [-0.39, 0.29) is 0 Å². The minimum atomic E-state index is 0.316. The molecule has 2 aliphatic rings. The number of benzene rings is 1. The Labute approximate surface area is 98.6 Å². The Morgan fingerprint density at radius 3 is 2.80 bits per heavy atom. The summed E-state index contributed by atoms with van der Waals surface area (Å²) in [6.07, 6.45) is 5.30. The average Bonchev–Trinajstić information content (AvgIpc) is 2.68. The Bertz CT molecular complexity index is 383. The summed E-state index contributed by atoms with van der Waals surface area (Å²) in [6.45, 7) is 1.07. The number of fused-ring (bicyclic) bond motifs is 1. The predicted molar refractivity (Wildman–Crippen MR) is 67.5 cm³/mol. The first-order chi connectivity index (χ1) is 7.29. The molecule has 1 aromatic carbocycles. The Kier molecular flexibility index (Phi) is 2.16. The summed E-state index contributed by atoms with van der Waals surface area (Å²) in [6, 6.07) is 6.31. The van der Waals surface area contributed by atoms with E-state index in [4.69, 9.17) is 0 Å². The van der Waals surface area contributed by atoms with Crippen LogP contribution in [0.2, 0.25) is 0 Å². The minimum absolute atomic E-state index is 0.316. The van der Waals surface area contributed by atoms with Gasteiger partial charge in [-0.1, -0.05) is 18.9 Å². The fraction of sp³-hybridized carbons (Fsp3) is 0.500. The van der Waals surface area contributed by atoms with Crippen LogP contribution in [0.1, 0.15) is 25.7 Å². The monoisotopic (exact) mass is 266 g/mol. The largest absolute Gasteiger partial charge is 0.381 e. The van der Waals surface area contributed by atoms with Gasteiger partial charge in [-0.05, 0) is 40.9 Å². The third-order valence-corrected chi connectivity index (χ3v) is 4.24.